The standard InChI is InChI=1S/C16H17ClO3S/c1-2-21(19,20)16(17)15(18)14-10-8-13(9-11-14)12-6-4-3-5-7-12/h3-11,15-16,18H,2H2,1H3/t15-,16+/m1/s1. The van der Waals surface area contributed by atoms with Gasteiger partial charge in [0.05, 0.1) is 0 Å². The number of sulfone groups is 1. The number of hydrogen-bond acceptors (Lipinski definition) is 3. The molecule has 0 radical (unpaired) electrons. The number of halogens is 1. The van der Waals surface area contributed by atoms with E-state index in [1.807, 2.05) is 42.5 Å². The molecular weight excluding hydrogens is 308 g/mol. The van der Waals surface area contributed by atoms with E-state index in [9.17, 15) is 13.5 Å². The monoisotopic (exact) mass is 324 g/mol. The van der Waals surface area contributed by atoms with Crippen molar-refractivity contribution >= 4 is 21.4 Å². The molecule has 3 nitrogen and oxygen atoms in total. The van der Waals surface area contributed by atoms with E-state index in [0.717, 1.165) is 11.1 Å². The van der Waals surface area contributed by atoms with Gasteiger partial charge in [-0.2, -0.15) is 0 Å². The van der Waals surface area contributed by atoms with Crippen LogP contribution in [0.4, 0.5) is 0 Å². The minimum Gasteiger partial charge on any atom is -0.386 e. The van der Waals surface area contributed by atoms with E-state index in [2.05, 4.69) is 0 Å². The van der Waals surface area contributed by atoms with E-state index in [1.165, 1.54) is 6.92 Å². The molecule has 5 heteroatoms. The van der Waals surface area contributed by atoms with Crippen LogP contribution < -0.4 is 0 Å². The molecule has 112 valence electrons. The molecule has 0 aromatic heterocycles. The van der Waals surface area contributed by atoms with E-state index in [4.69, 9.17) is 11.6 Å². The Balaban J connectivity index is 2.23. The fourth-order valence-corrected chi connectivity index (χ4v) is 3.40. The molecule has 21 heavy (non-hydrogen) atoms. The van der Waals surface area contributed by atoms with Gasteiger partial charge in [-0.05, 0) is 16.7 Å². The summed E-state index contributed by atoms with van der Waals surface area (Å²) in [5, 5.41) is 10.1. The van der Waals surface area contributed by atoms with Gasteiger partial charge in [-0.1, -0.05) is 61.5 Å². The molecule has 0 aliphatic carbocycles. The van der Waals surface area contributed by atoms with Crippen molar-refractivity contribution in [3.05, 3.63) is 60.2 Å². The van der Waals surface area contributed by atoms with Crippen LogP contribution in [0.25, 0.3) is 11.1 Å². The molecule has 0 aliphatic heterocycles. The number of rotatable bonds is 5. The smallest absolute Gasteiger partial charge is 0.169 e. The van der Waals surface area contributed by atoms with Gasteiger partial charge < -0.3 is 5.11 Å². The average Bonchev–Trinajstić information content (AvgIpc) is 2.54. The third kappa shape index (κ3) is 3.64. The quantitative estimate of drug-likeness (QED) is 0.858. The lowest BCUT2D eigenvalue weighted by atomic mass is 10.0. The SMILES string of the molecule is CCS(=O)(=O)[C@H](Cl)[C@H](O)c1ccc(-c2ccccc2)cc1. The van der Waals surface area contributed by atoms with Crippen LogP contribution in [-0.4, -0.2) is 24.0 Å². The van der Waals surface area contributed by atoms with E-state index < -0.39 is 20.7 Å². The third-order valence-corrected chi connectivity index (χ3v) is 6.15. The van der Waals surface area contributed by atoms with Crippen LogP contribution in [0.1, 0.15) is 18.6 Å². The zero-order valence-corrected chi connectivity index (χ0v) is 13.2. The molecule has 0 saturated heterocycles. The summed E-state index contributed by atoms with van der Waals surface area (Å²) < 4.78 is 22.1. The van der Waals surface area contributed by atoms with Crippen LogP contribution in [0.5, 0.6) is 0 Å². The predicted molar refractivity (Wildman–Crippen MR) is 85.9 cm³/mol. The molecule has 0 spiro atoms. The van der Waals surface area contributed by atoms with E-state index in [-0.39, 0.29) is 5.75 Å². The van der Waals surface area contributed by atoms with Gasteiger partial charge in [0.1, 0.15) is 6.10 Å². The van der Waals surface area contributed by atoms with Gasteiger partial charge in [-0.25, -0.2) is 8.42 Å². The Morgan fingerprint density at radius 2 is 1.52 bits per heavy atom. The predicted octanol–water partition coefficient (Wildman–Crippen LogP) is 3.39. The molecule has 2 aromatic carbocycles. The van der Waals surface area contributed by atoms with Crippen LogP contribution in [0, 0.1) is 0 Å². The highest BCUT2D eigenvalue weighted by atomic mass is 35.5. The molecule has 0 fully saturated rings. The zero-order valence-electron chi connectivity index (χ0n) is 11.6. The highest BCUT2D eigenvalue weighted by Gasteiger charge is 2.29. The van der Waals surface area contributed by atoms with Gasteiger partial charge in [0.2, 0.25) is 0 Å². The number of benzene rings is 2. The van der Waals surface area contributed by atoms with E-state index >= 15 is 0 Å². The second-order valence-electron chi connectivity index (χ2n) is 4.74. The summed E-state index contributed by atoms with van der Waals surface area (Å²) in [6.45, 7) is 1.51. The third-order valence-electron chi connectivity index (χ3n) is 3.35. The molecule has 0 saturated carbocycles. The summed E-state index contributed by atoms with van der Waals surface area (Å²) in [7, 11) is -3.49. The van der Waals surface area contributed by atoms with Crippen LogP contribution in [0.15, 0.2) is 54.6 Å². The maximum absolute atomic E-state index is 11.7. The lowest BCUT2D eigenvalue weighted by molar-refractivity contribution is 0.191. The summed E-state index contributed by atoms with van der Waals surface area (Å²) in [6, 6.07) is 16.9. The van der Waals surface area contributed by atoms with Gasteiger partial charge in [-0.15, -0.1) is 11.6 Å². The molecule has 1 N–H and O–H groups in total. The summed E-state index contributed by atoms with van der Waals surface area (Å²) >= 11 is 5.88. The van der Waals surface area contributed by atoms with Gasteiger partial charge >= 0.3 is 0 Å². The maximum Gasteiger partial charge on any atom is 0.169 e. The second kappa shape index (κ2) is 6.60. The average molecular weight is 325 g/mol. The Morgan fingerprint density at radius 1 is 1.00 bits per heavy atom. The first-order chi connectivity index (χ1) is 9.95. The van der Waals surface area contributed by atoms with E-state index in [0.29, 0.717) is 5.56 Å². The highest BCUT2D eigenvalue weighted by molar-refractivity contribution is 7.93. The topological polar surface area (TPSA) is 54.4 Å². The van der Waals surface area contributed by atoms with Crippen molar-refractivity contribution < 1.29 is 13.5 Å². The number of aliphatic hydroxyl groups is 1. The minimum atomic E-state index is -3.49. The van der Waals surface area contributed by atoms with Crippen LogP contribution in [0.3, 0.4) is 0 Å². The lowest BCUT2D eigenvalue weighted by Crippen LogP contribution is -2.24. The molecule has 0 bridgehead atoms. The minimum absolute atomic E-state index is 0.0969. The van der Waals surface area contributed by atoms with Crippen LogP contribution >= 0.6 is 11.6 Å². The van der Waals surface area contributed by atoms with Crippen molar-refractivity contribution in [3.63, 3.8) is 0 Å². The van der Waals surface area contributed by atoms with Crippen LogP contribution in [-0.2, 0) is 9.84 Å². The molecule has 2 rings (SSSR count). The molecule has 2 aromatic rings. The second-order valence-corrected chi connectivity index (χ2v) is 7.88. The number of alkyl halides is 1. The highest BCUT2D eigenvalue weighted by Crippen LogP contribution is 2.28. The Labute approximate surface area is 130 Å². The normalized spacial score (nSPS) is 14.6. The van der Waals surface area contributed by atoms with Crippen molar-refractivity contribution in [3.8, 4) is 11.1 Å². The van der Waals surface area contributed by atoms with Crippen molar-refractivity contribution in [1.82, 2.24) is 0 Å². The summed E-state index contributed by atoms with van der Waals surface area (Å²) in [5.74, 6) is -0.0969. The Morgan fingerprint density at radius 3 is 2.05 bits per heavy atom. The molecule has 0 aliphatic rings. The Hall–Kier alpha value is -1.36. The molecule has 0 amide bonds. The van der Waals surface area contributed by atoms with Crippen molar-refractivity contribution in [2.75, 3.05) is 5.75 Å². The number of hydrogen-bond donors (Lipinski definition) is 1. The van der Waals surface area contributed by atoms with Crippen molar-refractivity contribution in [2.24, 2.45) is 0 Å². The molecular formula is C16H17ClO3S. The van der Waals surface area contributed by atoms with Gasteiger partial charge in [-0.3, -0.25) is 0 Å². The van der Waals surface area contributed by atoms with Gasteiger partial charge in [0.15, 0.2) is 14.5 Å². The first kappa shape index (κ1) is 16.0. The first-order valence-electron chi connectivity index (χ1n) is 6.65. The fraction of sp³-hybridized carbons (Fsp3) is 0.250. The molecule has 0 unspecified atom stereocenters. The van der Waals surface area contributed by atoms with Gasteiger partial charge in [0, 0.05) is 5.75 Å². The van der Waals surface area contributed by atoms with Crippen LogP contribution in [0.2, 0.25) is 0 Å². The molecule has 2 atom stereocenters. The first-order valence-corrected chi connectivity index (χ1v) is 8.80. The Kier molecular flexibility index (Phi) is 5.04. The summed E-state index contributed by atoms with van der Waals surface area (Å²) in [5.41, 5.74) is 2.55. The maximum atomic E-state index is 11.7. The zero-order chi connectivity index (χ0) is 15.5. The summed E-state index contributed by atoms with van der Waals surface area (Å²) in [6.07, 6.45) is -1.23. The van der Waals surface area contributed by atoms with Crippen molar-refractivity contribution in [2.45, 2.75) is 17.7 Å². The lowest BCUT2D eigenvalue weighted by Gasteiger charge is -2.17. The van der Waals surface area contributed by atoms with Crippen molar-refractivity contribution in [1.29, 1.82) is 0 Å². The molecule has 0 heterocycles. The Bertz CT molecular complexity index is 681. The van der Waals surface area contributed by atoms with Gasteiger partial charge in [0.25, 0.3) is 0 Å². The largest absolute Gasteiger partial charge is 0.386 e. The van der Waals surface area contributed by atoms with E-state index in [1.54, 1.807) is 12.1 Å². The fourth-order valence-electron chi connectivity index (χ4n) is 2.01. The summed E-state index contributed by atoms with van der Waals surface area (Å²) in [4.78, 5) is 0. The number of aliphatic hydroxyl groups excluding tert-OH is 1.